The maximum Gasteiger partial charge on any atom is 0.132 e. The maximum absolute atomic E-state index is 6.02. The average molecular weight is 273 g/mol. The van der Waals surface area contributed by atoms with Crippen LogP contribution in [0, 0.1) is 0 Å². The van der Waals surface area contributed by atoms with E-state index in [0.717, 1.165) is 17.1 Å². The molecule has 0 radical (unpaired) electrons. The number of benzene rings is 2. The van der Waals surface area contributed by atoms with E-state index in [2.05, 4.69) is 37.3 Å². The highest BCUT2D eigenvalue weighted by Crippen LogP contribution is 2.34. The molecule has 2 nitrogen and oxygen atoms in total. The van der Waals surface area contributed by atoms with Crippen LogP contribution in [0.4, 0.5) is 0 Å². The predicted octanol–water partition coefficient (Wildman–Crippen LogP) is 4.26. The van der Waals surface area contributed by atoms with Gasteiger partial charge in [0.2, 0.25) is 0 Å². The van der Waals surface area contributed by atoms with Gasteiger partial charge in [-0.2, -0.15) is 0 Å². The van der Waals surface area contributed by atoms with Crippen LogP contribution in [0.1, 0.15) is 24.9 Å². The first-order valence-corrected chi connectivity index (χ1v) is 7.22. The highest BCUT2D eigenvalue weighted by Gasteiger charge is 2.06. The van der Waals surface area contributed by atoms with Crippen molar-refractivity contribution in [3.8, 4) is 5.75 Å². The molecule has 0 saturated carbocycles. The summed E-state index contributed by atoms with van der Waals surface area (Å²) in [4.78, 5) is 2.31. The van der Waals surface area contributed by atoms with Gasteiger partial charge in [-0.25, -0.2) is 0 Å². The molecule has 2 N–H and O–H groups in total. The van der Waals surface area contributed by atoms with Gasteiger partial charge in [-0.15, -0.1) is 0 Å². The fraction of sp³-hybridized carbons (Fsp3) is 0.250. The first-order chi connectivity index (χ1) is 9.24. The van der Waals surface area contributed by atoms with Crippen LogP contribution in [0.2, 0.25) is 0 Å². The molecular weight excluding hydrogens is 254 g/mol. The Bertz CT molecular complexity index is 525. The molecule has 2 aromatic rings. The number of methoxy groups -OCH3 is 1. The molecule has 0 bridgehead atoms. The van der Waals surface area contributed by atoms with Crippen molar-refractivity contribution in [1.82, 2.24) is 0 Å². The molecule has 100 valence electrons. The molecule has 1 unspecified atom stereocenters. The van der Waals surface area contributed by atoms with Crippen LogP contribution in [0.3, 0.4) is 0 Å². The molecule has 0 aliphatic heterocycles. The normalized spacial score (nSPS) is 12.2. The van der Waals surface area contributed by atoms with Gasteiger partial charge < -0.3 is 10.5 Å². The molecule has 0 heterocycles. The Morgan fingerprint density at radius 3 is 2.42 bits per heavy atom. The molecule has 0 aliphatic carbocycles. The molecule has 3 heteroatoms. The monoisotopic (exact) mass is 273 g/mol. The van der Waals surface area contributed by atoms with Gasteiger partial charge in [0, 0.05) is 10.9 Å². The third kappa shape index (κ3) is 3.52. The summed E-state index contributed by atoms with van der Waals surface area (Å²) in [5, 5.41) is 0. The first-order valence-electron chi connectivity index (χ1n) is 6.41. The summed E-state index contributed by atoms with van der Waals surface area (Å²) in [5.41, 5.74) is 7.20. The highest BCUT2D eigenvalue weighted by atomic mass is 32.2. The standard InChI is InChI=1S/C16H19NOS/c1-3-14(17)12-8-10-13(11-9-12)19-16-7-5-4-6-15(16)18-2/h4-11,14H,3,17H2,1-2H3. The van der Waals surface area contributed by atoms with E-state index in [9.17, 15) is 0 Å². The van der Waals surface area contributed by atoms with Crippen LogP contribution in [0.25, 0.3) is 0 Å². The van der Waals surface area contributed by atoms with Gasteiger partial charge >= 0.3 is 0 Å². The van der Waals surface area contributed by atoms with Gasteiger partial charge in [-0.1, -0.05) is 43.0 Å². The van der Waals surface area contributed by atoms with Crippen molar-refractivity contribution < 1.29 is 4.74 Å². The third-order valence-electron chi connectivity index (χ3n) is 3.04. The predicted molar refractivity (Wildman–Crippen MR) is 80.8 cm³/mol. The number of hydrogen-bond donors (Lipinski definition) is 1. The van der Waals surface area contributed by atoms with Crippen molar-refractivity contribution in [1.29, 1.82) is 0 Å². The number of rotatable bonds is 5. The molecule has 0 aromatic heterocycles. The van der Waals surface area contributed by atoms with E-state index >= 15 is 0 Å². The lowest BCUT2D eigenvalue weighted by atomic mass is 10.1. The molecule has 19 heavy (non-hydrogen) atoms. The van der Waals surface area contributed by atoms with Crippen molar-refractivity contribution in [2.75, 3.05) is 7.11 Å². The summed E-state index contributed by atoms with van der Waals surface area (Å²) in [6, 6.07) is 16.6. The van der Waals surface area contributed by atoms with Crippen molar-refractivity contribution >= 4 is 11.8 Å². The van der Waals surface area contributed by atoms with Gasteiger partial charge in [-0.05, 0) is 36.2 Å². The maximum atomic E-state index is 6.02. The molecule has 2 rings (SSSR count). The van der Waals surface area contributed by atoms with Gasteiger partial charge in [0.25, 0.3) is 0 Å². The van der Waals surface area contributed by atoms with Crippen LogP contribution in [0.15, 0.2) is 58.3 Å². The largest absolute Gasteiger partial charge is 0.496 e. The second kappa shape index (κ2) is 6.64. The van der Waals surface area contributed by atoms with E-state index in [1.165, 1.54) is 10.5 Å². The van der Waals surface area contributed by atoms with E-state index in [4.69, 9.17) is 10.5 Å². The van der Waals surface area contributed by atoms with Gasteiger partial charge in [-0.3, -0.25) is 0 Å². The summed E-state index contributed by atoms with van der Waals surface area (Å²) < 4.78 is 5.36. The molecular formula is C16H19NOS. The zero-order valence-electron chi connectivity index (χ0n) is 11.3. The lowest BCUT2D eigenvalue weighted by molar-refractivity contribution is 0.405. The molecule has 0 fully saturated rings. The van der Waals surface area contributed by atoms with Crippen LogP contribution in [-0.2, 0) is 0 Å². The van der Waals surface area contributed by atoms with Crippen molar-refractivity contribution in [3.05, 3.63) is 54.1 Å². The van der Waals surface area contributed by atoms with Crippen LogP contribution in [0.5, 0.6) is 5.75 Å². The Morgan fingerprint density at radius 2 is 1.79 bits per heavy atom. The van der Waals surface area contributed by atoms with Crippen LogP contribution in [-0.4, -0.2) is 7.11 Å². The second-order valence-corrected chi connectivity index (χ2v) is 5.45. The summed E-state index contributed by atoms with van der Waals surface area (Å²) >= 11 is 1.70. The summed E-state index contributed by atoms with van der Waals surface area (Å²) in [5.74, 6) is 0.904. The Balaban J connectivity index is 2.15. The zero-order valence-corrected chi connectivity index (χ0v) is 12.1. The molecule has 0 amide bonds. The minimum atomic E-state index is 0.130. The SMILES string of the molecule is CCC(N)c1ccc(Sc2ccccc2OC)cc1. The Morgan fingerprint density at radius 1 is 1.11 bits per heavy atom. The van der Waals surface area contributed by atoms with E-state index in [-0.39, 0.29) is 6.04 Å². The summed E-state index contributed by atoms with van der Waals surface area (Å²) in [6.45, 7) is 2.10. The second-order valence-electron chi connectivity index (χ2n) is 4.34. The number of para-hydroxylation sites is 1. The fourth-order valence-electron chi connectivity index (χ4n) is 1.85. The lowest BCUT2D eigenvalue weighted by Gasteiger charge is -2.11. The van der Waals surface area contributed by atoms with Crippen molar-refractivity contribution in [2.24, 2.45) is 5.73 Å². The van der Waals surface area contributed by atoms with Gasteiger partial charge in [0.15, 0.2) is 0 Å². The minimum Gasteiger partial charge on any atom is -0.496 e. The van der Waals surface area contributed by atoms with Crippen molar-refractivity contribution in [2.45, 2.75) is 29.2 Å². The number of ether oxygens (including phenoxy) is 1. The first kappa shape index (κ1) is 14.0. The third-order valence-corrected chi connectivity index (χ3v) is 4.11. The Labute approximate surface area is 119 Å². The lowest BCUT2D eigenvalue weighted by Crippen LogP contribution is -2.07. The fourth-order valence-corrected chi connectivity index (χ4v) is 2.77. The zero-order chi connectivity index (χ0) is 13.7. The Hall–Kier alpha value is -1.45. The summed E-state index contributed by atoms with van der Waals surface area (Å²) in [7, 11) is 1.70. The van der Waals surface area contributed by atoms with E-state index < -0.39 is 0 Å². The quantitative estimate of drug-likeness (QED) is 0.884. The average Bonchev–Trinajstić information content (AvgIpc) is 2.48. The molecule has 0 saturated heterocycles. The van der Waals surface area contributed by atoms with Gasteiger partial charge in [0.1, 0.15) is 5.75 Å². The highest BCUT2D eigenvalue weighted by molar-refractivity contribution is 7.99. The minimum absolute atomic E-state index is 0.130. The molecule has 2 aromatic carbocycles. The summed E-state index contributed by atoms with van der Waals surface area (Å²) in [6.07, 6.45) is 0.957. The number of nitrogens with two attached hydrogens (primary N) is 1. The molecule has 1 atom stereocenters. The van der Waals surface area contributed by atoms with Crippen LogP contribution < -0.4 is 10.5 Å². The molecule has 0 aliphatic rings. The van der Waals surface area contributed by atoms with Crippen molar-refractivity contribution in [3.63, 3.8) is 0 Å². The van der Waals surface area contributed by atoms with E-state index in [1.54, 1.807) is 18.9 Å². The smallest absolute Gasteiger partial charge is 0.132 e. The van der Waals surface area contributed by atoms with E-state index in [0.29, 0.717) is 0 Å². The number of hydrogen-bond acceptors (Lipinski definition) is 3. The van der Waals surface area contributed by atoms with Gasteiger partial charge in [0.05, 0.1) is 12.0 Å². The topological polar surface area (TPSA) is 35.2 Å². The van der Waals surface area contributed by atoms with E-state index in [1.807, 2.05) is 18.2 Å². The molecule has 0 spiro atoms. The van der Waals surface area contributed by atoms with Crippen LogP contribution >= 0.6 is 11.8 Å². The Kier molecular flexibility index (Phi) is 4.88.